The van der Waals surface area contributed by atoms with Crippen molar-refractivity contribution in [3.8, 4) is 0 Å². The fraction of sp³-hybridized carbons (Fsp3) is 0.222. The lowest BCUT2D eigenvalue weighted by Crippen LogP contribution is -2.26. The molecule has 1 N–H and O–H groups in total. The number of Topliss-reactive ketones (excluding diaryl/α,β-unsaturated/α-hetero) is 1. The number of carbonyl (C=O) groups excluding carboxylic acids is 2. The molecule has 0 radical (unpaired) electrons. The molecule has 2 aromatic rings. The molecule has 0 bridgehead atoms. The van der Waals surface area contributed by atoms with Gasteiger partial charge in [0.2, 0.25) is 5.91 Å². The fourth-order valence-electron chi connectivity index (χ4n) is 2.23. The lowest BCUT2D eigenvalue weighted by molar-refractivity contribution is -0.384. The Hall–Kier alpha value is -2.73. The van der Waals surface area contributed by atoms with E-state index >= 15 is 0 Å². The Bertz CT molecular complexity index is 758. The van der Waals surface area contributed by atoms with Gasteiger partial charge in [0.1, 0.15) is 0 Å². The van der Waals surface area contributed by atoms with Gasteiger partial charge in [-0.25, -0.2) is 0 Å². The topological polar surface area (TPSA) is 89.3 Å². The van der Waals surface area contributed by atoms with Gasteiger partial charge in [-0.3, -0.25) is 19.7 Å². The molecule has 0 spiro atoms. The molecule has 2 rings (SSSR count). The molecule has 1 amide bonds. The SMILES string of the molecule is O=C(CCC(=O)c1ccc(Cl)cc1)NCCc1ccc([N+](=O)[O-])cc1. The van der Waals surface area contributed by atoms with E-state index in [9.17, 15) is 19.7 Å². The summed E-state index contributed by atoms with van der Waals surface area (Å²) in [5.41, 5.74) is 1.46. The lowest BCUT2D eigenvalue weighted by atomic mass is 10.1. The van der Waals surface area contributed by atoms with Gasteiger partial charge in [-0.2, -0.15) is 0 Å². The first-order valence-corrected chi connectivity index (χ1v) is 8.12. The molecular weight excluding hydrogens is 344 g/mol. The smallest absolute Gasteiger partial charge is 0.269 e. The predicted octanol–water partition coefficient (Wildman–Crippen LogP) is 3.57. The Balaban J connectivity index is 1.70. The van der Waals surface area contributed by atoms with Crippen molar-refractivity contribution in [2.75, 3.05) is 6.54 Å². The molecule has 0 atom stereocenters. The molecule has 7 heteroatoms. The maximum atomic E-state index is 12.0. The quantitative estimate of drug-likeness (QED) is 0.442. The zero-order valence-corrected chi connectivity index (χ0v) is 14.2. The third-order valence-corrected chi connectivity index (χ3v) is 3.88. The van der Waals surface area contributed by atoms with Crippen LogP contribution in [0.5, 0.6) is 0 Å². The van der Waals surface area contributed by atoms with E-state index in [1.807, 2.05) is 0 Å². The Morgan fingerprint density at radius 1 is 1.00 bits per heavy atom. The van der Waals surface area contributed by atoms with Gasteiger partial charge in [-0.05, 0) is 36.2 Å². The van der Waals surface area contributed by atoms with Crippen LogP contribution in [0.2, 0.25) is 5.02 Å². The van der Waals surface area contributed by atoms with Crippen molar-refractivity contribution in [2.24, 2.45) is 0 Å². The van der Waals surface area contributed by atoms with Crippen molar-refractivity contribution in [3.63, 3.8) is 0 Å². The van der Waals surface area contributed by atoms with Crippen LogP contribution in [-0.4, -0.2) is 23.2 Å². The highest BCUT2D eigenvalue weighted by molar-refractivity contribution is 6.30. The number of nitro benzene ring substituents is 1. The zero-order valence-electron chi connectivity index (χ0n) is 13.4. The molecule has 6 nitrogen and oxygen atoms in total. The van der Waals surface area contributed by atoms with Crippen LogP contribution in [-0.2, 0) is 11.2 Å². The van der Waals surface area contributed by atoms with Gasteiger partial charge >= 0.3 is 0 Å². The standard InChI is InChI=1S/C18H17ClN2O4/c19-15-5-3-14(4-6-15)17(22)9-10-18(23)20-12-11-13-1-7-16(8-2-13)21(24)25/h1-8H,9-12H2,(H,20,23). The summed E-state index contributed by atoms with van der Waals surface area (Å²) in [7, 11) is 0. The van der Waals surface area contributed by atoms with Gasteiger partial charge in [0.05, 0.1) is 4.92 Å². The van der Waals surface area contributed by atoms with Crippen LogP contribution >= 0.6 is 11.6 Å². The molecule has 0 aliphatic rings. The van der Waals surface area contributed by atoms with Crippen molar-refractivity contribution in [3.05, 3.63) is 74.8 Å². The molecule has 0 saturated carbocycles. The highest BCUT2D eigenvalue weighted by Crippen LogP contribution is 2.13. The molecule has 0 saturated heterocycles. The van der Waals surface area contributed by atoms with Crippen LogP contribution in [0.3, 0.4) is 0 Å². The predicted molar refractivity (Wildman–Crippen MR) is 94.8 cm³/mol. The van der Waals surface area contributed by atoms with E-state index in [0.717, 1.165) is 5.56 Å². The summed E-state index contributed by atoms with van der Waals surface area (Å²) in [6, 6.07) is 12.7. The van der Waals surface area contributed by atoms with Crippen LogP contribution in [0.1, 0.15) is 28.8 Å². The van der Waals surface area contributed by atoms with E-state index in [1.54, 1.807) is 36.4 Å². The number of rotatable bonds is 8. The molecule has 0 aliphatic heterocycles. The summed E-state index contributed by atoms with van der Waals surface area (Å²) in [5, 5.41) is 13.9. The van der Waals surface area contributed by atoms with Gasteiger partial charge in [-0.1, -0.05) is 23.7 Å². The van der Waals surface area contributed by atoms with Crippen molar-refractivity contribution in [2.45, 2.75) is 19.3 Å². The Kier molecular flexibility index (Phi) is 6.65. The molecule has 25 heavy (non-hydrogen) atoms. The highest BCUT2D eigenvalue weighted by atomic mass is 35.5. The minimum Gasteiger partial charge on any atom is -0.356 e. The summed E-state index contributed by atoms with van der Waals surface area (Å²) in [4.78, 5) is 33.9. The van der Waals surface area contributed by atoms with E-state index < -0.39 is 4.92 Å². The van der Waals surface area contributed by atoms with Gasteiger partial charge in [0.25, 0.3) is 5.69 Å². The minimum atomic E-state index is -0.455. The van der Waals surface area contributed by atoms with Crippen LogP contribution in [0, 0.1) is 10.1 Å². The number of nitro groups is 1. The first-order chi connectivity index (χ1) is 12.0. The van der Waals surface area contributed by atoms with Crippen molar-refractivity contribution < 1.29 is 14.5 Å². The molecule has 0 fully saturated rings. The van der Waals surface area contributed by atoms with Gasteiger partial charge in [0.15, 0.2) is 5.78 Å². The second kappa shape index (κ2) is 8.94. The number of benzene rings is 2. The Morgan fingerprint density at radius 3 is 2.24 bits per heavy atom. The number of carbonyl (C=O) groups is 2. The molecule has 0 heterocycles. The summed E-state index contributed by atoms with van der Waals surface area (Å²) in [5.74, 6) is -0.314. The Morgan fingerprint density at radius 2 is 1.64 bits per heavy atom. The molecule has 0 aliphatic carbocycles. The van der Waals surface area contributed by atoms with Crippen molar-refractivity contribution in [1.29, 1.82) is 0 Å². The monoisotopic (exact) mass is 360 g/mol. The van der Waals surface area contributed by atoms with Crippen LogP contribution in [0.25, 0.3) is 0 Å². The number of amides is 1. The number of nitrogens with zero attached hydrogens (tertiary/aromatic N) is 1. The lowest BCUT2D eigenvalue weighted by Gasteiger charge is -2.05. The van der Waals surface area contributed by atoms with E-state index in [0.29, 0.717) is 23.6 Å². The average molecular weight is 361 g/mol. The first kappa shape index (κ1) is 18.6. The Labute approximate surface area is 150 Å². The van der Waals surface area contributed by atoms with Gasteiger partial charge in [-0.15, -0.1) is 0 Å². The zero-order chi connectivity index (χ0) is 18.2. The fourth-order valence-corrected chi connectivity index (χ4v) is 2.35. The van der Waals surface area contributed by atoms with E-state index in [2.05, 4.69) is 5.32 Å². The van der Waals surface area contributed by atoms with E-state index in [1.165, 1.54) is 12.1 Å². The average Bonchev–Trinajstić information content (AvgIpc) is 2.60. The third-order valence-electron chi connectivity index (χ3n) is 3.63. The minimum absolute atomic E-state index is 0.0356. The van der Waals surface area contributed by atoms with Crippen LogP contribution in [0.4, 0.5) is 5.69 Å². The van der Waals surface area contributed by atoms with Crippen LogP contribution < -0.4 is 5.32 Å². The van der Waals surface area contributed by atoms with E-state index in [-0.39, 0.29) is 30.2 Å². The molecule has 130 valence electrons. The third kappa shape index (κ3) is 6.00. The van der Waals surface area contributed by atoms with Crippen molar-refractivity contribution in [1.82, 2.24) is 5.32 Å². The number of hydrogen-bond acceptors (Lipinski definition) is 4. The summed E-state index contributed by atoms with van der Waals surface area (Å²) < 4.78 is 0. The number of ketones is 1. The maximum Gasteiger partial charge on any atom is 0.269 e. The second-order valence-electron chi connectivity index (χ2n) is 5.45. The van der Waals surface area contributed by atoms with Gasteiger partial charge < -0.3 is 5.32 Å². The van der Waals surface area contributed by atoms with Crippen molar-refractivity contribution >= 4 is 29.0 Å². The number of nitrogens with one attached hydrogen (secondary N) is 1. The van der Waals surface area contributed by atoms with E-state index in [4.69, 9.17) is 11.6 Å². The molecule has 2 aromatic carbocycles. The number of halogens is 1. The summed E-state index contributed by atoms with van der Waals surface area (Å²) >= 11 is 5.77. The van der Waals surface area contributed by atoms with Gasteiger partial charge in [0, 0.05) is 42.1 Å². The molecular formula is C18H17ClN2O4. The number of hydrogen-bond donors (Lipinski definition) is 1. The largest absolute Gasteiger partial charge is 0.356 e. The summed E-state index contributed by atoms with van der Waals surface area (Å²) in [6.45, 7) is 0.409. The highest BCUT2D eigenvalue weighted by Gasteiger charge is 2.09. The molecule has 0 unspecified atom stereocenters. The first-order valence-electron chi connectivity index (χ1n) is 7.74. The molecule has 0 aromatic heterocycles. The second-order valence-corrected chi connectivity index (χ2v) is 5.89. The maximum absolute atomic E-state index is 12.0. The summed E-state index contributed by atoms with van der Waals surface area (Å²) in [6.07, 6.45) is 0.807. The van der Waals surface area contributed by atoms with Crippen LogP contribution in [0.15, 0.2) is 48.5 Å². The number of non-ortho nitro benzene ring substituents is 1. The normalized spacial score (nSPS) is 10.3.